The van der Waals surface area contributed by atoms with Gasteiger partial charge in [0.05, 0.1) is 6.54 Å². The third-order valence-electron chi connectivity index (χ3n) is 5.32. The van der Waals surface area contributed by atoms with Crippen LogP contribution in [0.25, 0.3) is 11.1 Å². The molecule has 153 valence electrons. The summed E-state index contributed by atoms with van der Waals surface area (Å²) in [5.74, 6) is 1.32. The van der Waals surface area contributed by atoms with Gasteiger partial charge in [-0.15, -0.1) is 0 Å². The Bertz CT molecular complexity index is 956. The molecule has 3 aromatic rings. The number of aliphatic hydroxyl groups excluding tert-OH is 1. The number of nitrogens with zero attached hydrogens (tertiary/aromatic N) is 3. The molecule has 0 amide bonds. The highest BCUT2D eigenvalue weighted by Crippen LogP contribution is 2.27. The third kappa shape index (κ3) is 4.54. The molecule has 1 aliphatic rings. The normalized spacial score (nSPS) is 16.3. The molecule has 1 atom stereocenters. The lowest BCUT2D eigenvalue weighted by molar-refractivity contribution is 0.0689. The first kappa shape index (κ1) is 19.7. The first-order chi connectivity index (χ1) is 14.0. The number of ether oxygens (including phenoxy) is 1. The molecule has 0 aliphatic carbocycles. The molecule has 0 bridgehead atoms. The molecule has 1 unspecified atom stereocenters. The SMILES string of the molecule is Cc1nc2cc(OCC(O)CN3C[CH]N(c4c(C)cccc4C)CC3)ccc2o1. The Kier molecular flexibility index (Phi) is 5.74. The van der Waals surface area contributed by atoms with Gasteiger partial charge in [0, 0.05) is 44.9 Å². The number of aromatic nitrogens is 1. The van der Waals surface area contributed by atoms with E-state index in [9.17, 15) is 5.11 Å². The highest BCUT2D eigenvalue weighted by Gasteiger charge is 2.22. The summed E-state index contributed by atoms with van der Waals surface area (Å²) in [7, 11) is 0. The molecule has 2 aromatic carbocycles. The number of oxazole rings is 1. The molecule has 0 saturated carbocycles. The second kappa shape index (κ2) is 8.43. The third-order valence-corrected chi connectivity index (χ3v) is 5.32. The van der Waals surface area contributed by atoms with Crippen LogP contribution in [0.5, 0.6) is 5.75 Å². The Balaban J connectivity index is 1.26. The fourth-order valence-electron chi connectivity index (χ4n) is 3.93. The number of piperazine rings is 1. The number of para-hydroxylation sites is 1. The zero-order chi connectivity index (χ0) is 20.4. The number of aliphatic hydroxyl groups is 1. The topological polar surface area (TPSA) is 62.0 Å². The van der Waals surface area contributed by atoms with Crippen molar-refractivity contribution in [2.45, 2.75) is 26.9 Å². The zero-order valence-corrected chi connectivity index (χ0v) is 17.3. The molecular formula is C23H28N3O3. The van der Waals surface area contributed by atoms with Gasteiger partial charge in [-0.2, -0.15) is 0 Å². The number of β-amino-alcohol motifs (C(OH)–C–C–N with tert-alkyl or cyclic N) is 1. The Morgan fingerprint density at radius 3 is 2.66 bits per heavy atom. The van der Waals surface area contributed by atoms with Crippen molar-refractivity contribution in [2.75, 3.05) is 37.7 Å². The van der Waals surface area contributed by atoms with Crippen molar-refractivity contribution in [3.63, 3.8) is 0 Å². The summed E-state index contributed by atoms with van der Waals surface area (Å²) in [5, 5.41) is 10.4. The molecule has 1 saturated heterocycles. The highest BCUT2D eigenvalue weighted by molar-refractivity contribution is 5.74. The maximum atomic E-state index is 10.4. The average Bonchev–Trinajstić information content (AvgIpc) is 3.07. The fourth-order valence-corrected chi connectivity index (χ4v) is 3.93. The summed E-state index contributed by atoms with van der Waals surface area (Å²) < 4.78 is 11.2. The number of aryl methyl sites for hydroxylation is 3. The van der Waals surface area contributed by atoms with Crippen LogP contribution in [0, 0.1) is 27.3 Å². The van der Waals surface area contributed by atoms with E-state index in [2.05, 4.69) is 53.4 Å². The van der Waals surface area contributed by atoms with E-state index >= 15 is 0 Å². The lowest BCUT2D eigenvalue weighted by Crippen LogP contribution is -2.47. The number of hydrogen-bond acceptors (Lipinski definition) is 6. The van der Waals surface area contributed by atoms with E-state index in [1.807, 2.05) is 25.1 Å². The number of benzene rings is 2. The molecule has 29 heavy (non-hydrogen) atoms. The van der Waals surface area contributed by atoms with Crippen LogP contribution in [0.2, 0.25) is 0 Å². The van der Waals surface area contributed by atoms with Crippen molar-refractivity contribution < 1.29 is 14.3 Å². The molecule has 1 fully saturated rings. The Morgan fingerprint density at radius 2 is 1.93 bits per heavy atom. The number of fused-ring (bicyclic) bond motifs is 1. The standard InChI is InChI=1S/C23H28N3O3/c1-16-5-4-6-17(2)23(16)26-11-9-25(10-12-26)14-19(27)15-28-20-7-8-22-21(13-20)24-18(3)29-22/h4-8,11,13,19,27H,9-10,12,14-15H2,1-3H3. The van der Waals surface area contributed by atoms with E-state index in [-0.39, 0.29) is 6.61 Å². The molecule has 1 radical (unpaired) electrons. The second-order valence-corrected chi connectivity index (χ2v) is 7.70. The van der Waals surface area contributed by atoms with Crippen LogP contribution < -0.4 is 9.64 Å². The predicted molar refractivity (Wildman–Crippen MR) is 114 cm³/mol. The van der Waals surface area contributed by atoms with Crippen molar-refractivity contribution in [3.8, 4) is 5.75 Å². The van der Waals surface area contributed by atoms with Gasteiger partial charge >= 0.3 is 0 Å². The van der Waals surface area contributed by atoms with Crippen LogP contribution in [0.15, 0.2) is 40.8 Å². The van der Waals surface area contributed by atoms with Crippen molar-refractivity contribution in [1.82, 2.24) is 9.88 Å². The fraction of sp³-hybridized carbons (Fsp3) is 0.391. The molecule has 6 heteroatoms. The maximum absolute atomic E-state index is 10.4. The molecule has 4 rings (SSSR count). The van der Waals surface area contributed by atoms with Crippen LogP contribution >= 0.6 is 0 Å². The molecule has 6 nitrogen and oxygen atoms in total. The van der Waals surface area contributed by atoms with E-state index in [1.165, 1.54) is 16.8 Å². The zero-order valence-electron chi connectivity index (χ0n) is 17.3. The monoisotopic (exact) mass is 394 g/mol. The van der Waals surface area contributed by atoms with Gasteiger partial charge in [0.1, 0.15) is 24.0 Å². The second-order valence-electron chi connectivity index (χ2n) is 7.70. The van der Waals surface area contributed by atoms with Gasteiger partial charge in [-0.3, -0.25) is 4.90 Å². The summed E-state index contributed by atoms with van der Waals surface area (Å²) in [6.07, 6.45) is -0.551. The Hall–Kier alpha value is -2.57. The van der Waals surface area contributed by atoms with Crippen LogP contribution in [0.3, 0.4) is 0 Å². The van der Waals surface area contributed by atoms with Crippen molar-refractivity contribution >= 4 is 16.8 Å². The minimum atomic E-state index is -0.551. The molecular weight excluding hydrogens is 366 g/mol. The van der Waals surface area contributed by atoms with E-state index in [4.69, 9.17) is 9.15 Å². The summed E-state index contributed by atoms with van der Waals surface area (Å²) >= 11 is 0. The van der Waals surface area contributed by atoms with Gasteiger partial charge in [0.25, 0.3) is 0 Å². The Morgan fingerprint density at radius 1 is 1.14 bits per heavy atom. The Labute approximate surface area is 171 Å². The number of rotatable bonds is 6. The number of hydrogen-bond donors (Lipinski definition) is 1. The summed E-state index contributed by atoms with van der Waals surface area (Å²) in [6, 6.07) is 11.9. The molecule has 1 aliphatic heterocycles. The first-order valence-electron chi connectivity index (χ1n) is 10.1. The maximum Gasteiger partial charge on any atom is 0.192 e. The first-order valence-corrected chi connectivity index (χ1v) is 10.1. The van der Waals surface area contributed by atoms with Gasteiger partial charge in [-0.1, -0.05) is 18.2 Å². The molecule has 0 spiro atoms. The molecule has 1 N–H and O–H groups in total. The minimum Gasteiger partial charge on any atom is -0.491 e. The van der Waals surface area contributed by atoms with Gasteiger partial charge in [-0.05, 0) is 37.1 Å². The average molecular weight is 394 g/mol. The predicted octanol–water partition coefficient (Wildman–Crippen LogP) is 3.48. The van der Waals surface area contributed by atoms with E-state index in [0.717, 1.165) is 30.7 Å². The van der Waals surface area contributed by atoms with E-state index < -0.39 is 6.10 Å². The van der Waals surface area contributed by atoms with Gasteiger partial charge in [0.15, 0.2) is 11.5 Å². The van der Waals surface area contributed by atoms with Crippen LogP contribution in [-0.4, -0.2) is 53.9 Å². The lowest BCUT2D eigenvalue weighted by Gasteiger charge is -2.37. The largest absolute Gasteiger partial charge is 0.491 e. The summed E-state index contributed by atoms with van der Waals surface area (Å²) in [5.41, 5.74) is 5.40. The summed E-state index contributed by atoms with van der Waals surface area (Å²) in [6.45, 7) is 11.8. The lowest BCUT2D eigenvalue weighted by atomic mass is 10.1. The van der Waals surface area contributed by atoms with Gasteiger partial charge in [-0.25, -0.2) is 4.98 Å². The van der Waals surface area contributed by atoms with Crippen LogP contribution in [0.4, 0.5) is 5.69 Å². The van der Waals surface area contributed by atoms with Crippen molar-refractivity contribution in [1.29, 1.82) is 0 Å². The smallest absolute Gasteiger partial charge is 0.192 e. The quantitative estimate of drug-likeness (QED) is 0.691. The minimum absolute atomic E-state index is 0.249. The van der Waals surface area contributed by atoms with E-state index in [1.54, 1.807) is 0 Å². The summed E-state index contributed by atoms with van der Waals surface area (Å²) in [4.78, 5) is 8.90. The highest BCUT2D eigenvalue weighted by atomic mass is 16.5. The number of anilines is 1. The molecule has 1 aromatic heterocycles. The van der Waals surface area contributed by atoms with E-state index in [0.29, 0.717) is 18.2 Å². The van der Waals surface area contributed by atoms with Crippen molar-refractivity contribution in [2.24, 2.45) is 0 Å². The van der Waals surface area contributed by atoms with Crippen LogP contribution in [0.1, 0.15) is 17.0 Å². The molecule has 2 heterocycles. The van der Waals surface area contributed by atoms with Crippen molar-refractivity contribution in [3.05, 3.63) is 60.0 Å². The van der Waals surface area contributed by atoms with Crippen LogP contribution in [-0.2, 0) is 0 Å². The van der Waals surface area contributed by atoms with Gasteiger partial charge < -0.3 is 19.2 Å². The van der Waals surface area contributed by atoms with Gasteiger partial charge in [0.2, 0.25) is 0 Å².